The number of hydrogen-bond donors (Lipinski definition) is 1. The largest absolute Gasteiger partial charge is 0.308 e. The highest BCUT2D eigenvalue weighted by Crippen LogP contribution is 2.15. The molecule has 0 heterocycles. The molecule has 0 spiro atoms. The second-order valence-corrected chi connectivity index (χ2v) is 3.39. The van der Waals surface area contributed by atoms with Gasteiger partial charge in [-0.3, -0.25) is 0 Å². The molecule has 0 aliphatic rings. The fourth-order valence-electron chi connectivity index (χ4n) is 0.361. The minimum Gasteiger partial charge on any atom is -0.308 e. The van der Waals surface area contributed by atoms with Crippen LogP contribution in [0.3, 0.4) is 0 Å². The van der Waals surface area contributed by atoms with Gasteiger partial charge in [0.2, 0.25) is 0 Å². The van der Waals surface area contributed by atoms with E-state index in [0.29, 0.717) is 5.37 Å². The average Bonchev–Trinajstić information content (AvgIpc) is 1.65. The van der Waals surface area contributed by atoms with E-state index in [1.165, 1.54) is 0 Å². The maximum atomic E-state index is 3.77. The smallest absolute Gasteiger partial charge is 0.0544 e. The second-order valence-electron chi connectivity index (χ2n) is 1.75. The molecule has 0 aromatic heterocycles. The molecule has 0 aromatic rings. The number of thioether (sulfide) groups is 1. The van der Waals surface area contributed by atoms with E-state index in [1.54, 1.807) is 11.8 Å². The number of nitrogens with one attached hydrogen (secondary N) is 1. The summed E-state index contributed by atoms with van der Waals surface area (Å²) in [6.07, 6.45) is 0. The molecule has 0 aromatic carbocycles. The third kappa shape index (κ3) is 4.22. The molecule has 1 unspecified atom stereocenters. The molecule has 1 atom stereocenters. The molecule has 0 saturated heterocycles. The molecule has 0 aliphatic carbocycles. The van der Waals surface area contributed by atoms with Gasteiger partial charge in [0.1, 0.15) is 0 Å². The molecule has 0 bridgehead atoms. The van der Waals surface area contributed by atoms with Crippen LogP contribution in [0.15, 0.2) is 11.5 Å². The molecule has 0 saturated carbocycles. The summed E-state index contributed by atoms with van der Waals surface area (Å²) < 4.78 is 0. The molecular formula is C6H13NS. The van der Waals surface area contributed by atoms with E-state index in [0.717, 1.165) is 4.91 Å². The van der Waals surface area contributed by atoms with E-state index in [-0.39, 0.29) is 0 Å². The number of rotatable bonds is 3. The maximum absolute atomic E-state index is 3.77. The van der Waals surface area contributed by atoms with Gasteiger partial charge in [-0.15, -0.1) is 11.8 Å². The third-order valence-corrected chi connectivity index (χ3v) is 1.78. The first-order valence-corrected chi connectivity index (χ1v) is 3.54. The van der Waals surface area contributed by atoms with Gasteiger partial charge in [-0.25, -0.2) is 0 Å². The standard InChI is InChI=1S/C6H13NS/c1-5(2)8-6(3)7-4/h6-7H,1H2,2-4H3. The zero-order chi connectivity index (χ0) is 6.57. The number of allylic oxidation sites excluding steroid dienone is 1. The van der Waals surface area contributed by atoms with Crippen molar-refractivity contribution in [2.24, 2.45) is 0 Å². The summed E-state index contributed by atoms with van der Waals surface area (Å²) in [5.41, 5.74) is 0. The first-order chi connectivity index (χ1) is 3.66. The van der Waals surface area contributed by atoms with E-state index in [4.69, 9.17) is 0 Å². The van der Waals surface area contributed by atoms with Gasteiger partial charge >= 0.3 is 0 Å². The summed E-state index contributed by atoms with van der Waals surface area (Å²) in [5.74, 6) is 0. The van der Waals surface area contributed by atoms with E-state index >= 15 is 0 Å². The molecule has 1 nitrogen and oxygen atoms in total. The molecular weight excluding hydrogens is 118 g/mol. The van der Waals surface area contributed by atoms with Crippen molar-refractivity contribution in [1.82, 2.24) is 5.32 Å². The molecule has 0 fully saturated rings. The van der Waals surface area contributed by atoms with Crippen molar-refractivity contribution in [2.45, 2.75) is 19.2 Å². The topological polar surface area (TPSA) is 12.0 Å². The predicted molar refractivity (Wildman–Crippen MR) is 40.9 cm³/mol. The molecule has 0 aliphatic heterocycles. The Morgan fingerprint density at radius 2 is 2.25 bits per heavy atom. The van der Waals surface area contributed by atoms with Crippen LogP contribution in [0.5, 0.6) is 0 Å². The summed E-state index contributed by atoms with van der Waals surface area (Å²) >= 11 is 1.75. The molecule has 0 amide bonds. The van der Waals surface area contributed by atoms with Crippen LogP contribution in [0.25, 0.3) is 0 Å². The first-order valence-electron chi connectivity index (χ1n) is 2.66. The van der Waals surface area contributed by atoms with Gasteiger partial charge in [0.25, 0.3) is 0 Å². The van der Waals surface area contributed by atoms with Crippen molar-refractivity contribution in [3.63, 3.8) is 0 Å². The Bertz CT molecular complexity index is 80.6. The van der Waals surface area contributed by atoms with Gasteiger partial charge in [0, 0.05) is 0 Å². The predicted octanol–water partition coefficient (Wildman–Crippen LogP) is 1.82. The molecule has 2 heteroatoms. The van der Waals surface area contributed by atoms with Crippen molar-refractivity contribution in [3.8, 4) is 0 Å². The van der Waals surface area contributed by atoms with Gasteiger partial charge in [0.15, 0.2) is 0 Å². The first kappa shape index (κ1) is 8.05. The molecule has 1 N–H and O–H groups in total. The minimum absolute atomic E-state index is 0.493. The van der Waals surface area contributed by atoms with Crippen molar-refractivity contribution < 1.29 is 0 Å². The maximum Gasteiger partial charge on any atom is 0.0544 e. The van der Waals surface area contributed by atoms with Crippen molar-refractivity contribution >= 4 is 11.8 Å². The highest BCUT2D eigenvalue weighted by atomic mass is 32.2. The van der Waals surface area contributed by atoms with Gasteiger partial charge < -0.3 is 5.32 Å². The van der Waals surface area contributed by atoms with E-state index in [2.05, 4.69) is 18.8 Å². The summed E-state index contributed by atoms with van der Waals surface area (Å²) in [4.78, 5) is 1.16. The summed E-state index contributed by atoms with van der Waals surface area (Å²) in [6.45, 7) is 7.89. The quantitative estimate of drug-likeness (QED) is 0.586. The van der Waals surface area contributed by atoms with Crippen LogP contribution in [0, 0.1) is 0 Å². The highest BCUT2D eigenvalue weighted by molar-refractivity contribution is 8.03. The Hall–Kier alpha value is 0.0500. The fourth-order valence-corrected chi connectivity index (χ4v) is 1.08. The van der Waals surface area contributed by atoms with Crippen LogP contribution in [0.4, 0.5) is 0 Å². The van der Waals surface area contributed by atoms with Gasteiger partial charge in [-0.05, 0) is 25.8 Å². The van der Waals surface area contributed by atoms with Crippen LogP contribution in [0.2, 0.25) is 0 Å². The van der Waals surface area contributed by atoms with Crippen LogP contribution in [-0.4, -0.2) is 12.4 Å². The highest BCUT2D eigenvalue weighted by Gasteiger charge is 1.95. The Morgan fingerprint density at radius 1 is 1.75 bits per heavy atom. The van der Waals surface area contributed by atoms with Gasteiger partial charge in [-0.2, -0.15) is 0 Å². The average molecular weight is 131 g/mol. The zero-order valence-electron chi connectivity index (χ0n) is 5.69. The number of hydrogen-bond acceptors (Lipinski definition) is 2. The lowest BCUT2D eigenvalue weighted by Crippen LogP contribution is -2.16. The molecule has 0 radical (unpaired) electrons. The molecule has 48 valence electrons. The minimum atomic E-state index is 0.493. The SMILES string of the molecule is C=C(C)SC(C)NC. The van der Waals surface area contributed by atoms with Crippen LogP contribution < -0.4 is 5.32 Å². The molecule has 0 rings (SSSR count). The normalized spacial score (nSPS) is 13.4. The van der Waals surface area contributed by atoms with Crippen LogP contribution in [-0.2, 0) is 0 Å². The lowest BCUT2D eigenvalue weighted by molar-refractivity contribution is 0.808. The second kappa shape index (κ2) is 3.98. The van der Waals surface area contributed by atoms with E-state index < -0.39 is 0 Å². The summed E-state index contributed by atoms with van der Waals surface area (Å²) in [6, 6.07) is 0. The Morgan fingerprint density at radius 3 is 2.38 bits per heavy atom. The Labute approximate surface area is 55.5 Å². The van der Waals surface area contributed by atoms with Gasteiger partial charge in [0.05, 0.1) is 5.37 Å². The van der Waals surface area contributed by atoms with Crippen molar-refractivity contribution in [2.75, 3.05) is 7.05 Å². The molecule has 8 heavy (non-hydrogen) atoms. The third-order valence-electron chi connectivity index (χ3n) is 0.784. The zero-order valence-corrected chi connectivity index (χ0v) is 6.51. The van der Waals surface area contributed by atoms with Crippen LogP contribution >= 0.6 is 11.8 Å². The van der Waals surface area contributed by atoms with E-state index in [1.807, 2.05) is 14.0 Å². The van der Waals surface area contributed by atoms with E-state index in [9.17, 15) is 0 Å². The van der Waals surface area contributed by atoms with Gasteiger partial charge in [-0.1, -0.05) is 6.58 Å². The van der Waals surface area contributed by atoms with Crippen molar-refractivity contribution in [3.05, 3.63) is 11.5 Å². The summed E-state index contributed by atoms with van der Waals surface area (Å²) in [7, 11) is 1.95. The Balaban J connectivity index is 3.24. The fraction of sp³-hybridized carbons (Fsp3) is 0.667. The lowest BCUT2D eigenvalue weighted by atomic mass is 10.7. The monoisotopic (exact) mass is 131 g/mol. The van der Waals surface area contributed by atoms with Crippen molar-refractivity contribution in [1.29, 1.82) is 0 Å². The Kier molecular flexibility index (Phi) is 4.01. The lowest BCUT2D eigenvalue weighted by Gasteiger charge is -2.07. The summed E-state index contributed by atoms with van der Waals surface area (Å²) in [5, 5.41) is 3.59. The van der Waals surface area contributed by atoms with Crippen LogP contribution in [0.1, 0.15) is 13.8 Å².